The molecule has 0 aliphatic carbocycles. The molecular formula is C29H45N3O3. The minimum Gasteiger partial charge on any atom is -0.440 e. The quantitative estimate of drug-likeness (QED) is 0.486. The second kappa shape index (κ2) is 11.3. The van der Waals surface area contributed by atoms with E-state index in [1.165, 1.54) is 0 Å². The second-order valence-corrected chi connectivity index (χ2v) is 11.0. The molecule has 194 valence electrons. The molecule has 3 aliphatic heterocycles. The highest BCUT2D eigenvalue weighted by atomic mass is 16.6. The van der Waals surface area contributed by atoms with Gasteiger partial charge >= 0.3 is 6.09 Å². The highest BCUT2D eigenvalue weighted by Crippen LogP contribution is 2.42. The van der Waals surface area contributed by atoms with Gasteiger partial charge in [-0.2, -0.15) is 0 Å². The van der Waals surface area contributed by atoms with Crippen LogP contribution >= 0.6 is 0 Å². The van der Waals surface area contributed by atoms with E-state index in [0.29, 0.717) is 6.04 Å². The molecule has 6 nitrogen and oxygen atoms in total. The predicted octanol–water partition coefficient (Wildman–Crippen LogP) is 5.55. The Morgan fingerprint density at radius 2 is 1.63 bits per heavy atom. The van der Waals surface area contributed by atoms with Gasteiger partial charge < -0.3 is 14.5 Å². The highest BCUT2D eigenvalue weighted by Gasteiger charge is 2.54. The molecule has 0 aromatic heterocycles. The van der Waals surface area contributed by atoms with Crippen molar-refractivity contribution in [1.82, 2.24) is 14.7 Å². The van der Waals surface area contributed by atoms with Gasteiger partial charge in [-0.05, 0) is 50.7 Å². The number of aryl methyl sites for hydroxylation is 2. The van der Waals surface area contributed by atoms with E-state index in [0.717, 1.165) is 107 Å². The van der Waals surface area contributed by atoms with E-state index in [1.54, 1.807) is 0 Å². The van der Waals surface area contributed by atoms with Gasteiger partial charge in [0.15, 0.2) is 0 Å². The van der Waals surface area contributed by atoms with Gasteiger partial charge in [-0.25, -0.2) is 4.79 Å². The van der Waals surface area contributed by atoms with Gasteiger partial charge in [0.2, 0.25) is 0 Å². The maximum Gasteiger partial charge on any atom is 0.410 e. The summed E-state index contributed by atoms with van der Waals surface area (Å²) in [5.74, 6) is 0.181. The number of unbranched alkanes of at least 4 members (excludes halogenated alkanes) is 2. The van der Waals surface area contributed by atoms with Gasteiger partial charge in [0.05, 0.1) is 6.04 Å². The first-order valence-corrected chi connectivity index (χ1v) is 14.0. The van der Waals surface area contributed by atoms with E-state index in [2.05, 4.69) is 18.7 Å². The van der Waals surface area contributed by atoms with E-state index in [1.807, 2.05) is 41.8 Å². The minimum absolute atomic E-state index is 0.0914. The SMILES string of the molecule is CCCCC1N(CCCC)C(=O)OC12CCN(C1CCN(C(=O)c3c(C)cccc3C)CC1)CC2. The standard InChI is InChI=1S/C29H45N3O3/c1-5-7-12-25-29(35-28(34)32(25)17-8-6-2)15-20-30(21-16-29)24-13-18-31(19-14-24)27(33)26-22(3)10-9-11-23(26)4/h9-11,24-25H,5-8,12-21H2,1-4H3. The van der Waals surface area contributed by atoms with Gasteiger partial charge in [0, 0.05) is 57.2 Å². The summed E-state index contributed by atoms with van der Waals surface area (Å²) < 4.78 is 6.17. The molecule has 1 aromatic rings. The molecule has 0 bridgehead atoms. The summed E-state index contributed by atoms with van der Waals surface area (Å²) >= 11 is 0. The number of hydrogen-bond donors (Lipinski definition) is 0. The predicted molar refractivity (Wildman–Crippen MR) is 140 cm³/mol. The number of ether oxygens (including phenoxy) is 1. The number of rotatable bonds is 8. The smallest absolute Gasteiger partial charge is 0.410 e. The van der Waals surface area contributed by atoms with Crippen LogP contribution in [0, 0.1) is 13.8 Å². The molecule has 0 saturated carbocycles. The van der Waals surface area contributed by atoms with E-state index >= 15 is 0 Å². The van der Waals surface area contributed by atoms with Crippen LogP contribution in [-0.2, 0) is 4.74 Å². The third-order valence-electron chi connectivity index (χ3n) is 8.70. The first-order valence-electron chi connectivity index (χ1n) is 14.0. The monoisotopic (exact) mass is 483 g/mol. The van der Waals surface area contributed by atoms with Crippen molar-refractivity contribution in [2.45, 2.75) is 103 Å². The van der Waals surface area contributed by atoms with E-state index < -0.39 is 0 Å². The number of carbonyl (C=O) groups excluding carboxylic acids is 2. The lowest BCUT2D eigenvalue weighted by Crippen LogP contribution is -2.56. The van der Waals surface area contributed by atoms with Crippen molar-refractivity contribution in [3.63, 3.8) is 0 Å². The van der Waals surface area contributed by atoms with Gasteiger partial charge in [0.1, 0.15) is 5.60 Å². The van der Waals surface area contributed by atoms with E-state index in [-0.39, 0.29) is 23.6 Å². The average Bonchev–Trinajstić information content (AvgIpc) is 3.11. The molecule has 0 radical (unpaired) electrons. The van der Waals surface area contributed by atoms with Crippen molar-refractivity contribution in [2.75, 3.05) is 32.7 Å². The Morgan fingerprint density at radius 1 is 1.00 bits per heavy atom. The molecule has 6 heteroatoms. The van der Waals surface area contributed by atoms with Crippen molar-refractivity contribution < 1.29 is 14.3 Å². The van der Waals surface area contributed by atoms with E-state index in [9.17, 15) is 9.59 Å². The Morgan fingerprint density at radius 3 is 2.23 bits per heavy atom. The summed E-state index contributed by atoms with van der Waals surface area (Å²) in [6.45, 7) is 12.9. The molecule has 1 aromatic carbocycles. The summed E-state index contributed by atoms with van der Waals surface area (Å²) in [5.41, 5.74) is 2.69. The molecule has 1 spiro atoms. The van der Waals surface area contributed by atoms with Gasteiger partial charge in [0.25, 0.3) is 5.91 Å². The lowest BCUT2D eigenvalue weighted by atomic mass is 9.81. The van der Waals surface area contributed by atoms with Crippen molar-refractivity contribution >= 4 is 12.0 Å². The number of likely N-dealkylation sites (tertiary alicyclic amines) is 2. The molecular weight excluding hydrogens is 438 g/mol. The normalized spacial score (nSPS) is 23.2. The number of carbonyl (C=O) groups is 2. The number of amides is 2. The molecule has 1 atom stereocenters. The maximum atomic E-state index is 13.2. The van der Waals surface area contributed by atoms with Gasteiger partial charge in [-0.3, -0.25) is 9.69 Å². The van der Waals surface area contributed by atoms with Gasteiger partial charge in [-0.15, -0.1) is 0 Å². The number of piperidine rings is 2. The van der Waals surface area contributed by atoms with Crippen LogP contribution in [0.15, 0.2) is 18.2 Å². The van der Waals surface area contributed by atoms with Crippen LogP contribution in [0.2, 0.25) is 0 Å². The van der Waals surface area contributed by atoms with Gasteiger partial charge in [-0.1, -0.05) is 51.3 Å². The van der Waals surface area contributed by atoms with Crippen LogP contribution < -0.4 is 0 Å². The highest BCUT2D eigenvalue weighted by molar-refractivity contribution is 5.97. The topological polar surface area (TPSA) is 53.1 Å². The number of benzene rings is 1. The minimum atomic E-state index is -0.310. The molecule has 3 fully saturated rings. The van der Waals surface area contributed by atoms with Crippen LogP contribution in [0.1, 0.15) is 93.1 Å². The Kier molecular flexibility index (Phi) is 8.41. The Labute approximate surface area is 212 Å². The zero-order valence-electron chi connectivity index (χ0n) is 22.4. The number of nitrogens with zero attached hydrogens (tertiary/aromatic N) is 3. The van der Waals surface area contributed by atoms with Crippen molar-refractivity contribution in [1.29, 1.82) is 0 Å². The molecule has 3 heterocycles. The van der Waals surface area contributed by atoms with Crippen molar-refractivity contribution in [3.8, 4) is 0 Å². The fourth-order valence-corrected chi connectivity index (χ4v) is 6.55. The first-order chi connectivity index (χ1) is 16.9. The molecule has 35 heavy (non-hydrogen) atoms. The van der Waals surface area contributed by atoms with Crippen LogP contribution in [0.25, 0.3) is 0 Å². The van der Waals surface area contributed by atoms with Crippen molar-refractivity contribution in [3.05, 3.63) is 34.9 Å². The second-order valence-electron chi connectivity index (χ2n) is 11.0. The number of hydrogen-bond acceptors (Lipinski definition) is 4. The Bertz CT molecular complexity index is 865. The van der Waals surface area contributed by atoms with Crippen LogP contribution in [0.3, 0.4) is 0 Å². The first kappa shape index (κ1) is 26.0. The van der Waals surface area contributed by atoms with Crippen LogP contribution in [0.5, 0.6) is 0 Å². The fourth-order valence-electron chi connectivity index (χ4n) is 6.55. The summed E-state index contributed by atoms with van der Waals surface area (Å²) in [6, 6.07) is 6.82. The molecule has 2 amide bonds. The van der Waals surface area contributed by atoms with Crippen molar-refractivity contribution in [2.24, 2.45) is 0 Å². The fraction of sp³-hybridized carbons (Fsp3) is 0.724. The Hall–Kier alpha value is -2.08. The molecule has 0 N–H and O–H groups in total. The van der Waals surface area contributed by atoms with Crippen LogP contribution in [0.4, 0.5) is 4.79 Å². The van der Waals surface area contributed by atoms with Crippen LogP contribution in [-0.4, -0.2) is 77.1 Å². The maximum absolute atomic E-state index is 13.2. The average molecular weight is 484 g/mol. The largest absolute Gasteiger partial charge is 0.440 e. The molecule has 4 rings (SSSR count). The summed E-state index contributed by atoms with van der Waals surface area (Å²) in [7, 11) is 0. The summed E-state index contributed by atoms with van der Waals surface area (Å²) in [4.78, 5) is 32.7. The molecule has 1 unspecified atom stereocenters. The lowest BCUT2D eigenvalue weighted by Gasteiger charge is -2.46. The summed E-state index contributed by atoms with van der Waals surface area (Å²) in [5, 5.41) is 0. The zero-order valence-corrected chi connectivity index (χ0v) is 22.4. The summed E-state index contributed by atoms with van der Waals surface area (Å²) in [6.07, 6.45) is 9.27. The van der Waals surface area contributed by atoms with E-state index in [4.69, 9.17) is 4.74 Å². The molecule has 3 aliphatic rings. The third-order valence-corrected chi connectivity index (χ3v) is 8.70. The zero-order chi connectivity index (χ0) is 25.0. The molecule has 3 saturated heterocycles. The lowest BCUT2D eigenvalue weighted by molar-refractivity contribution is -0.0381. The third kappa shape index (κ3) is 5.37. The Balaban J connectivity index is 1.34.